The molecule has 94 valence electrons. The first-order valence-corrected chi connectivity index (χ1v) is 5.44. The Morgan fingerprint density at radius 3 is 2.26 bits per heavy atom. The molecule has 1 aliphatic heterocycles. The van der Waals surface area contributed by atoms with Crippen LogP contribution in [-0.2, 0) is 0 Å². The highest BCUT2D eigenvalue weighted by Crippen LogP contribution is 2.34. The van der Waals surface area contributed by atoms with Gasteiger partial charge in [-0.15, -0.1) is 0 Å². The van der Waals surface area contributed by atoms with Crippen LogP contribution in [0.4, 0.5) is 5.69 Å². The van der Waals surface area contributed by atoms with E-state index in [1.54, 1.807) is 12.1 Å². The first kappa shape index (κ1) is 11.2. The fourth-order valence-electron chi connectivity index (χ4n) is 1.75. The molecule has 0 atom stereocenters. The first-order chi connectivity index (χ1) is 9.16. The quantitative estimate of drug-likeness (QED) is 0.716. The number of carbonyl (C=O) groups is 2. The van der Waals surface area contributed by atoms with Crippen LogP contribution >= 0.6 is 0 Å². The molecule has 1 aromatic carbocycles. The van der Waals surface area contributed by atoms with Crippen molar-refractivity contribution in [1.82, 2.24) is 4.98 Å². The van der Waals surface area contributed by atoms with Gasteiger partial charge in [-0.1, -0.05) is 12.1 Å². The predicted molar refractivity (Wildman–Crippen MR) is 65.0 cm³/mol. The van der Waals surface area contributed by atoms with Crippen LogP contribution in [0.3, 0.4) is 0 Å². The molecule has 2 N–H and O–H groups in total. The topological polar surface area (TPSA) is 91.5 Å². The van der Waals surface area contributed by atoms with Crippen LogP contribution < -0.4 is 15.2 Å². The summed E-state index contributed by atoms with van der Waals surface area (Å²) in [6.07, 6.45) is 1.36. The average Bonchev–Trinajstić information content (AvgIpc) is 2.41. The molecule has 0 saturated carbocycles. The number of esters is 2. The smallest absolute Gasteiger partial charge is 0.345 e. The Kier molecular flexibility index (Phi) is 2.42. The van der Waals surface area contributed by atoms with E-state index in [1.165, 1.54) is 24.4 Å². The lowest BCUT2D eigenvalue weighted by molar-refractivity contribution is 0.0642. The summed E-state index contributed by atoms with van der Waals surface area (Å²) in [6, 6.07) is 7.67. The zero-order chi connectivity index (χ0) is 13.4. The molecule has 1 aromatic heterocycles. The Hall–Kier alpha value is -2.89. The van der Waals surface area contributed by atoms with E-state index >= 15 is 0 Å². The molecule has 0 unspecified atom stereocenters. The summed E-state index contributed by atoms with van der Waals surface area (Å²) in [7, 11) is 0. The fourth-order valence-corrected chi connectivity index (χ4v) is 1.75. The van der Waals surface area contributed by atoms with E-state index in [2.05, 4.69) is 4.98 Å². The summed E-state index contributed by atoms with van der Waals surface area (Å²) in [5.74, 6) is -1.51. The third-order valence-corrected chi connectivity index (χ3v) is 2.65. The maximum absolute atomic E-state index is 12.0. The molecule has 0 fully saturated rings. The van der Waals surface area contributed by atoms with Gasteiger partial charge in [0.2, 0.25) is 5.75 Å². The van der Waals surface area contributed by atoms with Crippen LogP contribution in [0.1, 0.15) is 20.7 Å². The minimum atomic E-state index is -0.674. The SMILES string of the molecule is Nc1ccnc2c1OC(=O)c1ccccc1C(=O)O2. The van der Waals surface area contributed by atoms with Crippen LogP contribution in [0, 0.1) is 0 Å². The van der Waals surface area contributed by atoms with E-state index in [-0.39, 0.29) is 28.4 Å². The van der Waals surface area contributed by atoms with Gasteiger partial charge < -0.3 is 15.2 Å². The number of aromatic nitrogens is 1. The molecule has 2 heterocycles. The Bertz CT molecular complexity index is 697. The number of fused-ring (bicyclic) bond motifs is 2. The van der Waals surface area contributed by atoms with E-state index in [1.807, 2.05) is 0 Å². The number of nitrogens with two attached hydrogens (primary N) is 1. The van der Waals surface area contributed by atoms with E-state index < -0.39 is 11.9 Å². The molecule has 6 heteroatoms. The molecule has 3 rings (SSSR count). The van der Waals surface area contributed by atoms with Crippen molar-refractivity contribution in [3.05, 3.63) is 47.7 Å². The van der Waals surface area contributed by atoms with Gasteiger partial charge in [-0.2, -0.15) is 0 Å². The molecule has 2 aromatic rings. The number of ether oxygens (including phenoxy) is 2. The van der Waals surface area contributed by atoms with E-state index in [0.29, 0.717) is 0 Å². The number of nitrogens with zero attached hydrogens (tertiary/aromatic N) is 1. The molecule has 0 radical (unpaired) electrons. The fraction of sp³-hybridized carbons (Fsp3) is 0. The van der Waals surface area contributed by atoms with Crippen molar-refractivity contribution in [2.24, 2.45) is 0 Å². The Balaban J connectivity index is 2.18. The lowest BCUT2D eigenvalue weighted by atomic mass is 10.1. The molecular weight excluding hydrogens is 248 g/mol. The highest BCUT2D eigenvalue weighted by Gasteiger charge is 2.27. The Labute approximate surface area is 107 Å². The van der Waals surface area contributed by atoms with Gasteiger partial charge in [-0.3, -0.25) is 0 Å². The van der Waals surface area contributed by atoms with Gasteiger partial charge >= 0.3 is 11.9 Å². The number of hydrogen-bond donors (Lipinski definition) is 1. The van der Waals surface area contributed by atoms with Gasteiger partial charge in [0, 0.05) is 6.20 Å². The molecule has 0 amide bonds. The van der Waals surface area contributed by atoms with Crippen LogP contribution in [0.5, 0.6) is 11.6 Å². The van der Waals surface area contributed by atoms with Crippen LogP contribution in [0.25, 0.3) is 0 Å². The summed E-state index contributed by atoms with van der Waals surface area (Å²) < 4.78 is 10.2. The van der Waals surface area contributed by atoms with Gasteiger partial charge in [0.1, 0.15) is 0 Å². The van der Waals surface area contributed by atoms with E-state index in [0.717, 1.165) is 0 Å². The highest BCUT2D eigenvalue weighted by atomic mass is 16.6. The number of carbonyl (C=O) groups excluding carboxylic acids is 2. The van der Waals surface area contributed by atoms with Crippen molar-refractivity contribution in [1.29, 1.82) is 0 Å². The lowest BCUT2D eigenvalue weighted by Gasteiger charge is -2.15. The minimum absolute atomic E-state index is 0.0460. The van der Waals surface area contributed by atoms with Crippen LogP contribution in [0.15, 0.2) is 36.5 Å². The van der Waals surface area contributed by atoms with E-state index in [9.17, 15) is 9.59 Å². The zero-order valence-corrected chi connectivity index (χ0v) is 9.62. The van der Waals surface area contributed by atoms with Gasteiger partial charge in [-0.25, -0.2) is 14.6 Å². The van der Waals surface area contributed by atoms with E-state index in [4.69, 9.17) is 15.2 Å². The minimum Gasteiger partial charge on any atom is -0.415 e. The van der Waals surface area contributed by atoms with Gasteiger partial charge in [0.25, 0.3) is 5.88 Å². The second-order valence-corrected chi connectivity index (χ2v) is 3.86. The first-order valence-electron chi connectivity index (χ1n) is 5.44. The van der Waals surface area contributed by atoms with Crippen molar-refractivity contribution in [3.63, 3.8) is 0 Å². The molecule has 0 aliphatic carbocycles. The molecule has 0 bridgehead atoms. The molecule has 0 saturated heterocycles. The second-order valence-electron chi connectivity index (χ2n) is 3.86. The molecule has 19 heavy (non-hydrogen) atoms. The molecule has 1 aliphatic rings. The van der Waals surface area contributed by atoms with Crippen molar-refractivity contribution in [3.8, 4) is 11.6 Å². The summed E-state index contributed by atoms with van der Waals surface area (Å²) in [5, 5.41) is 0. The number of nitrogen functional groups attached to an aromatic ring is 1. The van der Waals surface area contributed by atoms with Crippen molar-refractivity contribution < 1.29 is 19.1 Å². The second kappa shape index (κ2) is 4.09. The van der Waals surface area contributed by atoms with Gasteiger partial charge in [0.15, 0.2) is 0 Å². The molecule has 6 nitrogen and oxygen atoms in total. The van der Waals surface area contributed by atoms with Crippen LogP contribution in [0.2, 0.25) is 0 Å². The maximum Gasteiger partial charge on any atom is 0.345 e. The average molecular weight is 256 g/mol. The van der Waals surface area contributed by atoms with Crippen molar-refractivity contribution in [2.45, 2.75) is 0 Å². The van der Waals surface area contributed by atoms with Crippen molar-refractivity contribution >= 4 is 17.6 Å². The van der Waals surface area contributed by atoms with Gasteiger partial charge in [-0.05, 0) is 18.2 Å². The number of benzene rings is 1. The summed E-state index contributed by atoms with van der Waals surface area (Å²) >= 11 is 0. The Morgan fingerprint density at radius 2 is 1.58 bits per heavy atom. The van der Waals surface area contributed by atoms with Crippen LogP contribution in [-0.4, -0.2) is 16.9 Å². The van der Waals surface area contributed by atoms with Gasteiger partial charge in [0.05, 0.1) is 16.8 Å². The number of hydrogen-bond acceptors (Lipinski definition) is 6. The normalized spacial score (nSPS) is 13.5. The summed E-state index contributed by atoms with van der Waals surface area (Å²) in [6.45, 7) is 0. The largest absolute Gasteiger partial charge is 0.415 e. The maximum atomic E-state index is 12.0. The number of anilines is 1. The Morgan fingerprint density at radius 1 is 0.947 bits per heavy atom. The zero-order valence-electron chi connectivity index (χ0n) is 9.62. The third-order valence-electron chi connectivity index (χ3n) is 2.65. The summed E-state index contributed by atoms with van der Waals surface area (Å²) in [5.41, 5.74) is 6.11. The predicted octanol–water partition coefficient (Wildman–Crippen LogP) is 1.42. The monoisotopic (exact) mass is 256 g/mol. The lowest BCUT2D eigenvalue weighted by Crippen LogP contribution is -2.22. The standard InChI is InChI=1S/C13H8N2O4/c14-9-5-6-15-11-10(9)18-12(16)7-3-1-2-4-8(7)13(17)19-11/h1-6H,(H2,14,15). The number of rotatable bonds is 0. The summed E-state index contributed by atoms with van der Waals surface area (Å²) in [4.78, 5) is 27.8. The molecular formula is C13H8N2O4. The third kappa shape index (κ3) is 1.79. The van der Waals surface area contributed by atoms with Crippen molar-refractivity contribution in [2.75, 3.05) is 5.73 Å². The highest BCUT2D eigenvalue weighted by molar-refractivity contribution is 6.05. The molecule has 0 spiro atoms. The number of pyridine rings is 1.